The summed E-state index contributed by atoms with van der Waals surface area (Å²) < 4.78 is 14.1. The minimum Gasteiger partial charge on any atom is -0.207 e. The molecule has 0 atom stereocenters. The zero-order valence-corrected chi connectivity index (χ0v) is 12.2. The van der Waals surface area contributed by atoms with E-state index in [9.17, 15) is 4.39 Å². The van der Waals surface area contributed by atoms with Crippen molar-refractivity contribution in [2.45, 2.75) is 12.8 Å². The lowest BCUT2D eigenvalue weighted by Gasteiger charge is -2.06. The van der Waals surface area contributed by atoms with Gasteiger partial charge in [0.2, 0.25) is 0 Å². The second-order valence-corrected chi connectivity index (χ2v) is 5.48. The van der Waals surface area contributed by atoms with Crippen LogP contribution in [0, 0.1) is 9.39 Å². The van der Waals surface area contributed by atoms with Gasteiger partial charge in [-0.15, -0.1) is 0 Å². The highest BCUT2D eigenvalue weighted by Crippen LogP contribution is 2.19. The Morgan fingerprint density at radius 3 is 2.22 bits per heavy atom. The van der Waals surface area contributed by atoms with Gasteiger partial charge in [0.1, 0.15) is 5.82 Å². The average molecular weight is 352 g/mol. The van der Waals surface area contributed by atoms with E-state index in [2.05, 4.69) is 53.4 Å². The molecule has 92 valence electrons. The summed E-state index contributed by atoms with van der Waals surface area (Å²) >= 11 is 2.30. The van der Waals surface area contributed by atoms with Gasteiger partial charge in [0.15, 0.2) is 0 Å². The SMILES string of the molecule is C=C(CCc1ccc(I)cc1)c1ccc(F)cc1. The van der Waals surface area contributed by atoms with Crippen LogP contribution in [0.25, 0.3) is 5.57 Å². The standard InChI is InChI=1S/C16H14FI/c1-12(14-6-8-15(17)9-7-14)2-3-13-4-10-16(18)11-5-13/h4-11H,1-3H2. The van der Waals surface area contributed by atoms with Gasteiger partial charge in [0.05, 0.1) is 0 Å². The monoisotopic (exact) mass is 352 g/mol. The Labute approximate surface area is 121 Å². The van der Waals surface area contributed by atoms with E-state index in [1.807, 2.05) is 0 Å². The third-order valence-electron chi connectivity index (χ3n) is 2.88. The van der Waals surface area contributed by atoms with Crippen LogP contribution in [0.15, 0.2) is 55.1 Å². The first kappa shape index (κ1) is 13.3. The minimum absolute atomic E-state index is 0.204. The second-order valence-electron chi connectivity index (χ2n) is 4.24. The first-order valence-electron chi connectivity index (χ1n) is 5.83. The van der Waals surface area contributed by atoms with Crippen LogP contribution in [0.2, 0.25) is 0 Å². The maximum Gasteiger partial charge on any atom is 0.123 e. The quantitative estimate of drug-likeness (QED) is 0.674. The number of hydrogen-bond donors (Lipinski definition) is 0. The van der Waals surface area contributed by atoms with E-state index in [1.165, 1.54) is 21.3 Å². The first-order valence-corrected chi connectivity index (χ1v) is 6.91. The van der Waals surface area contributed by atoms with Gasteiger partial charge in [-0.1, -0.05) is 30.8 Å². The van der Waals surface area contributed by atoms with E-state index >= 15 is 0 Å². The molecule has 18 heavy (non-hydrogen) atoms. The summed E-state index contributed by atoms with van der Waals surface area (Å²) in [5, 5.41) is 0. The fraction of sp³-hybridized carbons (Fsp3) is 0.125. The van der Waals surface area contributed by atoms with Gasteiger partial charge in [-0.25, -0.2) is 4.39 Å². The Hall–Kier alpha value is -1.16. The maximum atomic E-state index is 12.8. The molecule has 0 saturated heterocycles. The molecule has 2 rings (SSSR count). The molecule has 0 spiro atoms. The van der Waals surface area contributed by atoms with Crippen LogP contribution in [-0.2, 0) is 6.42 Å². The van der Waals surface area contributed by atoms with Crippen LogP contribution in [0.3, 0.4) is 0 Å². The van der Waals surface area contributed by atoms with Crippen LogP contribution < -0.4 is 0 Å². The van der Waals surface area contributed by atoms with Crippen LogP contribution >= 0.6 is 22.6 Å². The highest BCUT2D eigenvalue weighted by Gasteiger charge is 2.01. The van der Waals surface area contributed by atoms with Crippen molar-refractivity contribution in [2.75, 3.05) is 0 Å². The molecule has 0 aliphatic heterocycles. The van der Waals surface area contributed by atoms with Gasteiger partial charge >= 0.3 is 0 Å². The van der Waals surface area contributed by atoms with Crippen LogP contribution in [0.5, 0.6) is 0 Å². The van der Waals surface area contributed by atoms with E-state index in [-0.39, 0.29) is 5.82 Å². The molecule has 0 amide bonds. The Morgan fingerprint density at radius 2 is 1.61 bits per heavy atom. The van der Waals surface area contributed by atoms with E-state index in [0.717, 1.165) is 24.0 Å². The molecule has 0 aromatic heterocycles. The highest BCUT2D eigenvalue weighted by atomic mass is 127. The molecule has 0 fully saturated rings. The molecular weight excluding hydrogens is 338 g/mol. The van der Waals surface area contributed by atoms with Crippen molar-refractivity contribution in [3.05, 3.63) is 75.6 Å². The normalized spacial score (nSPS) is 10.3. The minimum atomic E-state index is -0.204. The summed E-state index contributed by atoms with van der Waals surface area (Å²) in [4.78, 5) is 0. The molecule has 0 bridgehead atoms. The van der Waals surface area contributed by atoms with Crippen molar-refractivity contribution < 1.29 is 4.39 Å². The Bertz CT molecular complexity index is 526. The van der Waals surface area contributed by atoms with Crippen molar-refractivity contribution in [1.82, 2.24) is 0 Å². The summed E-state index contributed by atoms with van der Waals surface area (Å²) in [6.07, 6.45) is 1.86. The van der Waals surface area contributed by atoms with E-state index in [4.69, 9.17) is 0 Å². The molecule has 0 nitrogen and oxygen atoms in total. The van der Waals surface area contributed by atoms with Crippen molar-refractivity contribution in [2.24, 2.45) is 0 Å². The summed E-state index contributed by atoms with van der Waals surface area (Å²) in [5.41, 5.74) is 3.37. The van der Waals surface area contributed by atoms with Crippen LogP contribution in [0.1, 0.15) is 17.5 Å². The topological polar surface area (TPSA) is 0 Å². The summed E-state index contributed by atoms with van der Waals surface area (Å²) in [6.45, 7) is 4.06. The third-order valence-corrected chi connectivity index (χ3v) is 3.60. The Kier molecular flexibility index (Phi) is 4.53. The zero-order valence-electron chi connectivity index (χ0n) is 10.00. The summed E-state index contributed by atoms with van der Waals surface area (Å²) in [6, 6.07) is 15.0. The average Bonchev–Trinajstić information content (AvgIpc) is 2.38. The lowest BCUT2D eigenvalue weighted by molar-refractivity contribution is 0.627. The summed E-state index contributed by atoms with van der Waals surface area (Å²) in [5.74, 6) is -0.204. The molecule has 2 aromatic carbocycles. The van der Waals surface area contributed by atoms with E-state index in [1.54, 1.807) is 12.1 Å². The summed E-state index contributed by atoms with van der Waals surface area (Å²) in [7, 11) is 0. The Balaban J connectivity index is 1.96. The number of aryl methyl sites for hydroxylation is 1. The molecule has 0 unspecified atom stereocenters. The van der Waals surface area contributed by atoms with Gasteiger partial charge in [0, 0.05) is 3.57 Å². The predicted octanol–water partition coefficient (Wildman–Crippen LogP) is 5.08. The largest absolute Gasteiger partial charge is 0.207 e. The van der Waals surface area contributed by atoms with Gasteiger partial charge in [-0.3, -0.25) is 0 Å². The van der Waals surface area contributed by atoms with Gasteiger partial charge in [-0.05, 0) is 76.4 Å². The number of rotatable bonds is 4. The van der Waals surface area contributed by atoms with Crippen LogP contribution in [-0.4, -0.2) is 0 Å². The highest BCUT2D eigenvalue weighted by molar-refractivity contribution is 14.1. The zero-order chi connectivity index (χ0) is 13.0. The molecule has 0 aliphatic carbocycles. The molecule has 0 N–H and O–H groups in total. The van der Waals surface area contributed by atoms with Crippen molar-refractivity contribution in [3.63, 3.8) is 0 Å². The molecule has 2 heteroatoms. The third kappa shape index (κ3) is 3.67. The first-order chi connectivity index (χ1) is 8.65. The van der Waals surface area contributed by atoms with Gasteiger partial charge < -0.3 is 0 Å². The molecule has 0 radical (unpaired) electrons. The number of halogens is 2. The van der Waals surface area contributed by atoms with Crippen molar-refractivity contribution >= 4 is 28.2 Å². The molecule has 0 saturated carbocycles. The fourth-order valence-electron chi connectivity index (χ4n) is 1.78. The van der Waals surface area contributed by atoms with Crippen LogP contribution in [0.4, 0.5) is 4.39 Å². The Morgan fingerprint density at radius 1 is 1.00 bits per heavy atom. The molecule has 2 aromatic rings. The second kappa shape index (κ2) is 6.14. The predicted molar refractivity (Wildman–Crippen MR) is 82.9 cm³/mol. The molecule has 0 aliphatic rings. The van der Waals surface area contributed by atoms with E-state index < -0.39 is 0 Å². The number of allylic oxidation sites excluding steroid dienone is 1. The van der Waals surface area contributed by atoms with Crippen molar-refractivity contribution in [3.8, 4) is 0 Å². The molecular formula is C16H14FI. The number of benzene rings is 2. The smallest absolute Gasteiger partial charge is 0.123 e. The molecule has 0 heterocycles. The van der Waals surface area contributed by atoms with Gasteiger partial charge in [0.25, 0.3) is 0 Å². The van der Waals surface area contributed by atoms with Gasteiger partial charge in [-0.2, -0.15) is 0 Å². The van der Waals surface area contributed by atoms with Crippen molar-refractivity contribution in [1.29, 1.82) is 0 Å². The lowest BCUT2D eigenvalue weighted by atomic mass is 10.00. The lowest BCUT2D eigenvalue weighted by Crippen LogP contribution is -1.89. The fourth-order valence-corrected chi connectivity index (χ4v) is 2.14. The number of hydrogen-bond acceptors (Lipinski definition) is 0. The van der Waals surface area contributed by atoms with E-state index in [0.29, 0.717) is 0 Å². The maximum absolute atomic E-state index is 12.8.